The predicted molar refractivity (Wildman–Crippen MR) is 75.1 cm³/mol. The SMILES string of the molecule is CC/C=C\n1c2ccccc2c2ccccc21. The molecule has 1 heteroatoms. The maximum Gasteiger partial charge on any atom is 0.0534 e. The quantitative estimate of drug-likeness (QED) is 0.592. The minimum atomic E-state index is 1.06. The molecular formula is C16H15N. The lowest BCUT2D eigenvalue weighted by molar-refractivity contribution is 1.20. The summed E-state index contributed by atoms with van der Waals surface area (Å²) in [6, 6.07) is 17.1. The molecule has 1 aromatic heterocycles. The van der Waals surface area contributed by atoms with Crippen LogP contribution in [-0.2, 0) is 0 Å². The highest BCUT2D eigenvalue weighted by Crippen LogP contribution is 2.28. The number of hydrogen-bond acceptors (Lipinski definition) is 0. The number of nitrogens with zero attached hydrogens (tertiary/aromatic N) is 1. The molecule has 1 heterocycles. The predicted octanol–water partition coefficient (Wildman–Crippen LogP) is 4.68. The molecule has 1 nitrogen and oxygen atoms in total. The summed E-state index contributed by atoms with van der Waals surface area (Å²) in [6.45, 7) is 2.16. The molecule has 0 aliphatic rings. The molecule has 0 aliphatic heterocycles. The van der Waals surface area contributed by atoms with E-state index in [1.807, 2.05) is 0 Å². The summed E-state index contributed by atoms with van der Waals surface area (Å²) in [5, 5.41) is 2.65. The molecule has 0 bridgehead atoms. The van der Waals surface area contributed by atoms with Crippen molar-refractivity contribution in [1.29, 1.82) is 0 Å². The molecular weight excluding hydrogens is 206 g/mol. The highest BCUT2D eigenvalue weighted by molar-refractivity contribution is 6.09. The van der Waals surface area contributed by atoms with E-state index in [0.29, 0.717) is 0 Å². The Kier molecular flexibility index (Phi) is 2.45. The van der Waals surface area contributed by atoms with Crippen molar-refractivity contribution in [2.45, 2.75) is 13.3 Å². The number of allylic oxidation sites excluding steroid dienone is 1. The molecule has 2 aromatic carbocycles. The van der Waals surface area contributed by atoms with E-state index in [0.717, 1.165) is 6.42 Å². The third kappa shape index (κ3) is 1.55. The van der Waals surface area contributed by atoms with Gasteiger partial charge >= 0.3 is 0 Å². The topological polar surface area (TPSA) is 4.93 Å². The summed E-state index contributed by atoms with van der Waals surface area (Å²) in [5.74, 6) is 0. The molecule has 17 heavy (non-hydrogen) atoms. The Morgan fingerprint density at radius 3 is 1.94 bits per heavy atom. The van der Waals surface area contributed by atoms with E-state index in [1.54, 1.807) is 0 Å². The van der Waals surface area contributed by atoms with Gasteiger partial charge in [0.15, 0.2) is 0 Å². The number of para-hydroxylation sites is 2. The highest BCUT2D eigenvalue weighted by atomic mass is 14.9. The van der Waals surface area contributed by atoms with E-state index < -0.39 is 0 Å². The van der Waals surface area contributed by atoms with E-state index >= 15 is 0 Å². The molecule has 0 radical (unpaired) electrons. The van der Waals surface area contributed by atoms with Crippen molar-refractivity contribution in [3.05, 3.63) is 54.6 Å². The van der Waals surface area contributed by atoms with Gasteiger partial charge in [-0.1, -0.05) is 49.4 Å². The molecule has 84 valence electrons. The highest BCUT2D eigenvalue weighted by Gasteiger charge is 2.06. The lowest BCUT2D eigenvalue weighted by atomic mass is 10.2. The summed E-state index contributed by atoms with van der Waals surface area (Å²) in [7, 11) is 0. The third-order valence-electron chi connectivity index (χ3n) is 3.11. The molecule has 0 saturated heterocycles. The third-order valence-corrected chi connectivity index (χ3v) is 3.11. The molecule has 0 amide bonds. The van der Waals surface area contributed by atoms with Gasteiger partial charge in [-0.2, -0.15) is 0 Å². The second-order valence-electron chi connectivity index (χ2n) is 4.20. The first-order valence-electron chi connectivity index (χ1n) is 6.06. The van der Waals surface area contributed by atoms with E-state index in [9.17, 15) is 0 Å². The molecule has 0 saturated carbocycles. The van der Waals surface area contributed by atoms with Crippen LogP contribution in [0.1, 0.15) is 13.3 Å². The Morgan fingerprint density at radius 2 is 1.41 bits per heavy atom. The van der Waals surface area contributed by atoms with Gasteiger partial charge in [-0.3, -0.25) is 0 Å². The van der Waals surface area contributed by atoms with E-state index in [4.69, 9.17) is 0 Å². The minimum Gasteiger partial charge on any atom is -0.316 e. The Balaban J connectivity index is 2.46. The molecule has 0 unspecified atom stereocenters. The number of benzene rings is 2. The molecule has 0 atom stereocenters. The van der Waals surface area contributed by atoms with Gasteiger partial charge in [0.25, 0.3) is 0 Å². The lowest BCUT2D eigenvalue weighted by Crippen LogP contribution is -1.84. The largest absolute Gasteiger partial charge is 0.316 e. The normalized spacial score (nSPS) is 11.8. The maximum atomic E-state index is 2.27. The van der Waals surface area contributed by atoms with Crippen LogP contribution in [0.4, 0.5) is 0 Å². The van der Waals surface area contributed by atoms with Gasteiger partial charge in [-0.05, 0) is 18.6 Å². The summed E-state index contributed by atoms with van der Waals surface area (Å²) >= 11 is 0. The zero-order valence-corrected chi connectivity index (χ0v) is 9.93. The number of hydrogen-bond donors (Lipinski definition) is 0. The van der Waals surface area contributed by atoms with Crippen LogP contribution in [0.5, 0.6) is 0 Å². The fraction of sp³-hybridized carbons (Fsp3) is 0.125. The van der Waals surface area contributed by atoms with Gasteiger partial charge in [0.05, 0.1) is 11.0 Å². The molecule has 0 aliphatic carbocycles. The van der Waals surface area contributed by atoms with Gasteiger partial charge in [-0.25, -0.2) is 0 Å². The summed E-state index contributed by atoms with van der Waals surface area (Å²) in [5.41, 5.74) is 2.55. The Hall–Kier alpha value is -2.02. The van der Waals surface area contributed by atoms with Crippen LogP contribution in [0.15, 0.2) is 54.6 Å². The van der Waals surface area contributed by atoms with Crippen molar-refractivity contribution in [3.63, 3.8) is 0 Å². The average Bonchev–Trinajstić information content (AvgIpc) is 2.71. The van der Waals surface area contributed by atoms with Gasteiger partial charge in [0.1, 0.15) is 0 Å². The van der Waals surface area contributed by atoms with Crippen LogP contribution < -0.4 is 0 Å². The van der Waals surface area contributed by atoms with Crippen LogP contribution >= 0.6 is 0 Å². The Morgan fingerprint density at radius 1 is 0.882 bits per heavy atom. The second kappa shape index (κ2) is 4.10. The summed E-state index contributed by atoms with van der Waals surface area (Å²) in [4.78, 5) is 0. The van der Waals surface area contributed by atoms with E-state index in [-0.39, 0.29) is 0 Å². The molecule has 0 fully saturated rings. The average molecular weight is 221 g/mol. The maximum absolute atomic E-state index is 2.27. The number of aromatic nitrogens is 1. The number of fused-ring (bicyclic) bond motifs is 3. The van der Waals surface area contributed by atoms with Crippen LogP contribution in [0.3, 0.4) is 0 Å². The van der Waals surface area contributed by atoms with Crippen molar-refractivity contribution in [2.24, 2.45) is 0 Å². The van der Waals surface area contributed by atoms with Gasteiger partial charge in [-0.15, -0.1) is 0 Å². The summed E-state index contributed by atoms with van der Waals surface area (Å²) < 4.78 is 2.27. The van der Waals surface area contributed by atoms with Gasteiger partial charge in [0.2, 0.25) is 0 Å². The zero-order valence-electron chi connectivity index (χ0n) is 9.93. The Labute approximate surface area is 101 Å². The summed E-state index contributed by atoms with van der Waals surface area (Å²) in [6.07, 6.45) is 5.42. The first kappa shape index (κ1) is 10.2. The van der Waals surface area contributed by atoms with Crippen molar-refractivity contribution >= 4 is 28.0 Å². The first-order chi connectivity index (χ1) is 8.42. The Bertz CT molecular complexity index is 636. The van der Waals surface area contributed by atoms with Crippen molar-refractivity contribution in [2.75, 3.05) is 0 Å². The van der Waals surface area contributed by atoms with Gasteiger partial charge < -0.3 is 4.57 Å². The van der Waals surface area contributed by atoms with Crippen molar-refractivity contribution in [1.82, 2.24) is 4.57 Å². The lowest BCUT2D eigenvalue weighted by Gasteiger charge is -1.99. The fourth-order valence-corrected chi connectivity index (χ4v) is 2.32. The monoisotopic (exact) mass is 221 g/mol. The fourth-order valence-electron chi connectivity index (χ4n) is 2.32. The van der Waals surface area contributed by atoms with E-state index in [1.165, 1.54) is 21.8 Å². The number of rotatable bonds is 2. The van der Waals surface area contributed by atoms with Crippen LogP contribution in [0.2, 0.25) is 0 Å². The smallest absolute Gasteiger partial charge is 0.0534 e. The molecule has 0 N–H and O–H groups in total. The van der Waals surface area contributed by atoms with Crippen LogP contribution in [0.25, 0.3) is 28.0 Å². The molecule has 3 aromatic rings. The second-order valence-corrected chi connectivity index (χ2v) is 4.20. The first-order valence-corrected chi connectivity index (χ1v) is 6.06. The van der Waals surface area contributed by atoms with Crippen LogP contribution in [0, 0.1) is 0 Å². The van der Waals surface area contributed by atoms with Crippen molar-refractivity contribution in [3.8, 4) is 0 Å². The standard InChI is InChI=1S/C16H15N/c1-2-3-12-17-15-10-6-4-8-13(15)14-9-5-7-11-16(14)17/h3-12H,2H2,1H3/b12-3-. The zero-order chi connectivity index (χ0) is 11.7. The van der Waals surface area contributed by atoms with Crippen LogP contribution in [-0.4, -0.2) is 4.57 Å². The van der Waals surface area contributed by atoms with E-state index in [2.05, 4.69) is 72.3 Å². The molecule has 3 rings (SSSR count). The minimum absolute atomic E-state index is 1.06. The van der Waals surface area contributed by atoms with Crippen molar-refractivity contribution < 1.29 is 0 Å². The van der Waals surface area contributed by atoms with Gasteiger partial charge in [0, 0.05) is 17.0 Å². The molecule has 0 spiro atoms.